The second-order valence-corrected chi connectivity index (χ2v) is 5.30. The van der Waals surface area contributed by atoms with Crippen LogP contribution in [0.3, 0.4) is 0 Å². The average Bonchev–Trinajstić information content (AvgIpc) is 2.90. The summed E-state index contributed by atoms with van der Waals surface area (Å²) in [6, 6.07) is 3.88. The number of nitrogens with one attached hydrogen (secondary N) is 1. The summed E-state index contributed by atoms with van der Waals surface area (Å²) in [5.41, 5.74) is 0.903. The molecule has 19 heavy (non-hydrogen) atoms. The maximum absolute atomic E-state index is 6.16. The summed E-state index contributed by atoms with van der Waals surface area (Å²) in [5.74, 6) is 0.952. The second kappa shape index (κ2) is 7.08. The third-order valence-corrected chi connectivity index (χ3v) is 3.68. The third-order valence-electron chi connectivity index (χ3n) is 3.34. The van der Waals surface area contributed by atoms with Gasteiger partial charge in [-0.05, 0) is 31.5 Å². The number of aromatic nitrogens is 1. The van der Waals surface area contributed by atoms with Gasteiger partial charge in [-0.25, -0.2) is 4.98 Å². The van der Waals surface area contributed by atoms with Crippen LogP contribution >= 0.6 is 11.6 Å². The molecule has 106 valence electrons. The molecular weight excluding hydrogens is 262 g/mol. The van der Waals surface area contributed by atoms with Crippen molar-refractivity contribution in [3.63, 3.8) is 0 Å². The van der Waals surface area contributed by atoms with Crippen LogP contribution in [0.2, 0.25) is 5.02 Å². The number of hydrogen-bond acceptors (Lipinski definition) is 4. The molecule has 0 spiro atoms. The quantitative estimate of drug-likeness (QED) is 0.870. The molecule has 0 aliphatic carbocycles. The lowest BCUT2D eigenvalue weighted by atomic mass is 10.2. The fraction of sp³-hybridized carbons (Fsp3) is 0.643. The smallest absolute Gasteiger partial charge is 0.128 e. The minimum Gasteiger partial charge on any atom is -0.376 e. The Morgan fingerprint density at radius 3 is 3.05 bits per heavy atom. The van der Waals surface area contributed by atoms with Crippen molar-refractivity contribution in [2.45, 2.75) is 32.4 Å². The molecule has 0 amide bonds. The van der Waals surface area contributed by atoms with Crippen molar-refractivity contribution in [3.05, 3.63) is 22.8 Å². The van der Waals surface area contributed by atoms with Gasteiger partial charge in [0.25, 0.3) is 0 Å². The molecule has 1 fully saturated rings. The number of likely N-dealkylation sites (N-methyl/N-ethyl adjacent to an activating group) is 1. The van der Waals surface area contributed by atoms with Crippen LogP contribution in [0, 0.1) is 0 Å². The molecule has 1 aliphatic rings. The molecule has 1 unspecified atom stereocenters. The summed E-state index contributed by atoms with van der Waals surface area (Å²) in [5, 5.41) is 3.97. The Balaban J connectivity index is 2.01. The maximum Gasteiger partial charge on any atom is 0.128 e. The fourth-order valence-corrected chi connectivity index (χ4v) is 2.41. The van der Waals surface area contributed by atoms with Gasteiger partial charge in [0.1, 0.15) is 5.82 Å². The van der Waals surface area contributed by atoms with Crippen LogP contribution in [0.1, 0.15) is 25.5 Å². The lowest BCUT2D eigenvalue weighted by Gasteiger charge is -2.22. The molecule has 1 saturated heterocycles. The molecule has 1 aromatic rings. The minimum absolute atomic E-state index is 0.333. The first-order valence-electron chi connectivity index (χ1n) is 6.89. The molecule has 5 heteroatoms. The van der Waals surface area contributed by atoms with E-state index in [4.69, 9.17) is 16.3 Å². The third kappa shape index (κ3) is 4.06. The number of anilines is 1. The lowest BCUT2D eigenvalue weighted by Crippen LogP contribution is -2.29. The van der Waals surface area contributed by atoms with Crippen molar-refractivity contribution >= 4 is 17.4 Å². The van der Waals surface area contributed by atoms with Crippen LogP contribution in [-0.2, 0) is 11.3 Å². The van der Waals surface area contributed by atoms with Crippen molar-refractivity contribution in [1.82, 2.24) is 10.3 Å². The number of hydrogen-bond donors (Lipinski definition) is 1. The highest BCUT2D eigenvalue weighted by Gasteiger charge is 2.18. The standard InChI is InChI=1S/C14H22ClN3O/c1-3-16-9-13-12(15)6-7-14(17-13)18(2)10-11-5-4-8-19-11/h6-7,11,16H,3-5,8-10H2,1-2H3. The van der Waals surface area contributed by atoms with Crippen molar-refractivity contribution in [3.8, 4) is 0 Å². The minimum atomic E-state index is 0.333. The van der Waals surface area contributed by atoms with Crippen molar-refractivity contribution in [1.29, 1.82) is 0 Å². The van der Waals surface area contributed by atoms with Gasteiger partial charge in [-0.1, -0.05) is 18.5 Å². The molecule has 1 aliphatic heterocycles. The lowest BCUT2D eigenvalue weighted by molar-refractivity contribution is 0.116. The Bertz CT molecular complexity index is 408. The molecule has 0 radical (unpaired) electrons. The molecule has 1 aromatic heterocycles. The molecule has 0 aromatic carbocycles. The Morgan fingerprint density at radius 2 is 2.37 bits per heavy atom. The van der Waals surface area contributed by atoms with E-state index >= 15 is 0 Å². The molecule has 4 nitrogen and oxygen atoms in total. The van der Waals surface area contributed by atoms with E-state index in [0.717, 1.165) is 49.1 Å². The van der Waals surface area contributed by atoms with Gasteiger partial charge in [-0.3, -0.25) is 0 Å². The molecule has 0 saturated carbocycles. The normalized spacial score (nSPS) is 18.8. The summed E-state index contributed by atoms with van der Waals surface area (Å²) < 4.78 is 5.66. The summed E-state index contributed by atoms with van der Waals surface area (Å²) in [7, 11) is 2.05. The summed E-state index contributed by atoms with van der Waals surface area (Å²) in [6.07, 6.45) is 2.64. The molecule has 2 heterocycles. The van der Waals surface area contributed by atoms with E-state index in [9.17, 15) is 0 Å². The predicted octanol–water partition coefficient (Wildman–Crippen LogP) is 2.46. The molecule has 2 rings (SSSR count). The van der Waals surface area contributed by atoms with Gasteiger partial charge in [0.05, 0.1) is 16.8 Å². The zero-order chi connectivity index (χ0) is 13.7. The number of nitrogens with zero attached hydrogens (tertiary/aromatic N) is 2. The monoisotopic (exact) mass is 283 g/mol. The number of rotatable bonds is 6. The topological polar surface area (TPSA) is 37.4 Å². The largest absolute Gasteiger partial charge is 0.376 e. The van der Waals surface area contributed by atoms with E-state index in [1.807, 2.05) is 12.1 Å². The van der Waals surface area contributed by atoms with Crippen LogP contribution in [-0.4, -0.2) is 37.8 Å². The second-order valence-electron chi connectivity index (χ2n) is 4.89. The Labute approximate surface area is 120 Å². The first-order chi connectivity index (χ1) is 9.20. The van der Waals surface area contributed by atoms with E-state index in [0.29, 0.717) is 12.6 Å². The Hall–Kier alpha value is -0.840. The average molecular weight is 284 g/mol. The van der Waals surface area contributed by atoms with Crippen LogP contribution in [0.25, 0.3) is 0 Å². The highest BCUT2D eigenvalue weighted by Crippen LogP contribution is 2.20. The van der Waals surface area contributed by atoms with E-state index in [2.05, 4.69) is 29.2 Å². The highest BCUT2D eigenvalue weighted by atomic mass is 35.5. The SMILES string of the molecule is CCNCc1nc(N(C)CC2CCCO2)ccc1Cl. The van der Waals surface area contributed by atoms with E-state index < -0.39 is 0 Å². The molecular formula is C14H22ClN3O. The molecule has 1 N–H and O–H groups in total. The van der Waals surface area contributed by atoms with Gasteiger partial charge in [0, 0.05) is 26.7 Å². The zero-order valence-corrected chi connectivity index (χ0v) is 12.4. The number of ether oxygens (including phenoxy) is 1. The van der Waals surface area contributed by atoms with Crippen molar-refractivity contribution < 1.29 is 4.74 Å². The number of pyridine rings is 1. The van der Waals surface area contributed by atoms with Gasteiger partial charge < -0.3 is 15.0 Å². The summed E-state index contributed by atoms with van der Waals surface area (Å²) in [4.78, 5) is 6.77. The fourth-order valence-electron chi connectivity index (χ4n) is 2.24. The summed E-state index contributed by atoms with van der Waals surface area (Å²) >= 11 is 6.16. The molecule has 0 bridgehead atoms. The van der Waals surface area contributed by atoms with Crippen LogP contribution in [0.4, 0.5) is 5.82 Å². The zero-order valence-electron chi connectivity index (χ0n) is 11.7. The Kier molecular flexibility index (Phi) is 5.43. The predicted molar refractivity (Wildman–Crippen MR) is 78.9 cm³/mol. The van der Waals surface area contributed by atoms with Gasteiger partial charge in [-0.2, -0.15) is 0 Å². The van der Waals surface area contributed by atoms with Gasteiger partial charge in [0.15, 0.2) is 0 Å². The highest BCUT2D eigenvalue weighted by molar-refractivity contribution is 6.31. The van der Waals surface area contributed by atoms with Gasteiger partial charge in [-0.15, -0.1) is 0 Å². The summed E-state index contributed by atoms with van der Waals surface area (Å²) in [6.45, 7) is 5.46. The maximum atomic E-state index is 6.16. The van der Waals surface area contributed by atoms with E-state index in [-0.39, 0.29) is 0 Å². The van der Waals surface area contributed by atoms with Crippen LogP contribution in [0.5, 0.6) is 0 Å². The number of halogens is 1. The van der Waals surface area contributed by atoms with Gasteiger partial charge >= 0.3 is 0 Å². The molecule has 1 atom stereocenters. The van der Waals surface area contributed by atoms with Gasteiger partial charge in [0.2, 0.25) is 0 Å². The van der Waals surface area contributed by atoms with E-state index in [1.165, 1.54) is 0 Å². The Morgan fingerprint density at radius 1 is 1.53 bits per heavy atom. The first-order valence-corrected chi connectivity index (χ1v) is 7.27. The van der Waals surface area contributed by atoms with Crippen LogP contribution < -0.4 is 10.2 Å². The van der Waals surface area contributed by atoms with Crippen molar-refractivity contribution in [2.75, 3.05) is 31.6 Å². The van der Waals surface area contributed by atoms with Crippen LogP contribution in [0.15, 0.2) is 12.1 Å². The van der Waals surface area contributed by atoms with Crippen molar-refractivity contribution in [2.24, 2.45) is 0 Å². The van der Waals surface area contributed by atoms with E-state index in [1.54, 1.807) is 0 Å². The first kappa shape index (κ1) is 14.6.